The number of halogens is 2. The zero-order valence-corrected chi connectivity index (χ0v) is 20.6. The Hall–Kier alpha value is -2.62. The predicted molar refractivity (Wildman–Crippen MR) is 129 cm³/mol. The second-order valence-electron chi connectivity index (χ2n) is 8.86. The lowest BCUT2D eigenvalue weighted by atomic mass is 9.83. The van der Waals surface area contributed by atoms with E-state index in [1.165, 1.54) is 18.5 Å². The number of hydrogen-bond donors (Lipinski definition) is 3. The van der Waals surface area contributed by atoms with Crippen LogP contribution >= 0.6 is 23.4 Å². The number of benzene rings is 2. The Labute approximate surface area is 201 Å². The highest BCUT2D eigenvalue weighted by atomic mass is 35.5. The maximum absolute atomic E-state index is 13.5. The summed E-state index contributed by atoms with van der Waals surface area (Å²) in [4.78, 5) is 21.6. The van der Waals surface area contributed by atoms with Crippen molar-refractivity contribution in [3.8, 4) is 5.75 Å². The molecule has 1 aromatic heterocycles. The Kier molecular flexibility index (Phi) is 7.36. The number of thioether (sulfide) groups is 1. The van der Waals surface area contributed by atoms with Crippen LogP contribution < -0.4 is 15.5 Å². The number of aromatic nitrogens is 2. The third kappa shape index (κ3) is 5.85. The number of hydrogen-bond acceptors (Lipinski definition) is 7. The molecule has 7 nitrogen and oxygen atoms in total. The van der Waals surface area contributed by atoms with Gasteiger partial charge >= 0.3 is 0 Å². The number of carbonyl (C=O) groups excluding carboxylic acids is 1. The topological polar surface area (TPSA) is 96.4 Å². The van der Waals surface area contributed by atoms with Gasteiger partial charge in [0.2, 0.25) is 5.91 Å². The summed E-state index contributed by atoms with van der Waals surface area (Å²) in [7, 11) is 1.59. The third-order valence-electron chi connectivity index (χ3n) is 5.07. The summed E-state index contributed by atoms with van der Waals surface area (Å²) >= 11 is 7.45. The number of nitrogens with one attached hydrogen (secondary N) is 2. The van der Waals surface area contributed by atoms with Gasteiger partial charge in [-0.25, -0.2) is 19.8 Å². The molecule has 0 saturated carbocycles. The Morgan fingerprint density at radius 3 is 2.58 bits per heavy atom. The standard InChI is InChI=1S/C23H26ClFN4O3S/c1-22(2,21(30)29-31)11-23(3,4)33-19-9-14-17(10-18(19)32-5)26-12-27-20(14)28-13-6-7-16(25)15(24)8-13/h6-10,12,31H,11H2,1-5H3,(H,29,30)(H,26,27,28). The molecule has 0 bridgehead atoms. The van der Waals surface area contributed by atoms with Crippen LogP contribution in [0.4, 0.5) is 15.9 Å². The number of amides is 1. The van der Waals surface area contributed by atoms with Crippen LogP contribution in [0.1, 0.15) is 34.1 Å². The van der Waals surface area contributed by atoms with Gasteiger partial charge in [-0.05, 0) is 30.7 Å². The van der Waals surface area contributed by atoms with Crippen LogP contribution in [0.3, 0.4) is 0 Å². The quantitative estimate of drug-likeness (QED) is 0.202. The number of methoxy groups -OCH3 is 1. The molecule has 1 heterocycles. The molecule has 0 unspecified atom stereocenters. The molecule has 10 heteroatoms. The molecule has 0 spiro atoms. The number of anilines is 2. The first-order valence-electron chi connectivity index (χ1n) is 10.1. The van der Waals surface area contributed by atoms with Crippen molar-refractivity contribution in [2.45, 2.75) is 43.8 Å². The van der Waals surface area contributed by atoms with Crippen LogP contribution in [-0.4, -0.2) is 32.9 Å². The molecule has 3 N–H and O–H groups in total. The lowest BCUT2D eigenvalue weighted by Gasteiger charge is -2.33. The number of fused-ring (bicyclic) bond motifs is 1. The minimum Gasteiger partial charge on any atom is -0.496 e. The smallest absolute Gasteiger partial charge is 0.249 e. The summed E-state index contributed by atoms with van der Waals surface area (Å²) in [6, 6.07) is 8.09. The summed E-state index contributed by atoms with van der Waals surface area (Å²) in [5.74, 6) is 0.224. The zero-order chi connectivity index (χ0) is 24.4. The first-order valence-corrected chi connectivity index (χ1v) is 11.3. The van der Waals surface area contributed by atoms with Crippen molar-refractivity contribution in [2.75, 3.05) is 12.4 Å². The van der Waals surface area contributed by atoms with Gasteiger partial charge in [-0.15, -0.1) is 11.8 Å². The minimum atomic E-state index is -0.785. The SMILES string of the molecule is COc1cc2ncnc(Nc3ccc(F)c(Cl)c3)c2cc1SC(C)(C)CC(C)(C)C(=O)NO. The molecule has 176 valence electrons. The molecular formula is C23H26ClFN4O3S. The molecule has 0 aliphatic rings. The van der Waals surface area contributed by atoms with Gasteiger partial charge in [0.15, 0.2) is 0 Å². The number of nitrogens with zero attached hydrogens (tertiary/aromatic N) is 2. The summed E-state index contributed by atoms with van der Waals surface area (Å²) in [6.07, 6.45) is 1.92. The summed E-state index contributed by atoms with van der Waals surface area (Å²) < 4.78 is 18.8. The van der Waals surface area contributed by atoms with Crippen LogP contribution in [0.2, 0.25) is 5.02 Å². The van der Waals surface area contributed by atoms with Crippen LogP contribution in [0.25, 0.3) is 10.9 Å². The molecule has 0 radical (unpaired) electrons. The Bertz CT molecular complexity index is 1190. The van der Waals surface area contributed by atoms with Crippen LogP contribution in [0, 0.1) is 11.2 Å². The van der Waals surface area contributed by atoms with E-state index in [2.05, 4.69) is 15.3 Å². The second kappa shape index (κ2) is 9.70. The van der Waals surface area contributed by atoms with Crippen molar-refractivity contribution in [3.05, 3.63) is 47.5 Å². The third-order valence-corrected chi connectivity index (χ3v) is 6.60. The normalized spacial score (nSPS) is 12.0. The summed E-state index contributed by atoms with van der Waals surface area (Å²) in [5.41, 5.74) is 2.21. The average Bonchev–Trinajstić information content (AvgIpc) is 2.74. The zero-order valence-electron chi connectivity index (χ0n) is 19.0. The van der Waals surface area contributed by atoms with Crippen molar-refractivity contribution in [1.29, 1.82) is 0 Å². The van der Waals surface area contributed by atoms with Crippen molar-refractivity contribution in [1.82, 2.24) is 15.4 Å². The fourth-order valence-electron chi connectivity index (χ4n) is 3.74. The largest absolute Gasteiger partial charge is 0.496 e. The van der Waals surface area contributed by atoms with Crippen LogP contribution in [0.15, 0.2) is 41.6 Å². The first kappa shape index (κ1) is 25.0. The van der Waals surface area contributed by atoms with E-state index in [9.17, 15) is 9.18 Å². The van der Waals surface area contributed by atoms with Gasteiger partial charge in [0.05, 0.1) is 22.5 Å². The van der Waals surface area contributed by atoms with E-state index in [4.69, 9.17) is 21.5 Å². The van der Waals surface area contributed by atoms with Gasteiger partial charge in [-0.1, -0.05) is 39.3 Å². The van der Waals surface area contributed by atoms with Gasteiger partial charge in [-0.3, -0.25) is 10.0 Å². The van der Waals surface area contributed by atoms with Crippen molar-refractivity contribution < 1.29 is 19.1 Å². The summed E-state index contributed by atoms with van der Waals surface area (Å²) in [5, 5.41) is 13.0. The lowest BCUT2D eigenvalue weighted by Crippen LogP contribution is -2.39. The molecule has 0 saturated heterocycles. The molecule has 0 aliphatic heterocycles. The molecule has 0 aliphatic carbocycles. The number of hydroxylamine groups is 1. The number of carbonyl (C=O) groups is 1. The average molecular weight is 493 g/mol. The van der Waals surface area contributed by atoms with Gasteiger partial charge in [0, 0.05) is 27.3 Å². The summed E-state index contributed by atoms with van der Waals surface area (Å²) in [6.45, 7) is 7.61. The molecule has 2 aromatic carbocycles. The Balaban J connectivity index is 1.99. The molecular weight excluding hydrogens is 467 g/mol. The van der Waals surface area contributed by atoms with E-state index >= 15 is 0 Å². The van der Waals surface area contributed by atoms with Crippen molar-refractivity contribution in [2.24, 2.45) is 5.41 Å². The van der Waals surface area contributed by atoms with Crippen molar-refractivity contribution >= 4 is 51.7 Å². The maximum atomic E-state index is 13.5. The monoisotopic (exact) mass is 492 g/mol. The van der Waals surface area contributed by atoms with Gasteiger partial charge in [0.1, 0.15) is 23.7 Å². The molecule has 33 heavy (non-hydrogen) atoms. The van der Waals surface area contributed by atoms with Gasteiger partial charge in [0.25, 0.3) is 0 Å². The minimum absolute atomic E-state index is 0.00700. The Morgan fingerprint density at radius 1 is 1.21 bits per heavy atom. The highest BCUT2D eigenvalue weighted by Gasteiger charge is 2.36. The van der Waals surface area contributed by atoms with E-state index in [1.807, 2.05) is 26.0 Å². The van der Waals surface area contributed by atoms with Crippen LogP contribution in [0.5, 0.6) is 5.75 Å². The van der Waals surface area contributed by atoms with Gasteiger partial charge < -0.3 is 10.1 Å². The van der Waals surface area contributed by atoms with Crippen molar-refractivity contribution in [3.63, 3.8) is 0 Å². The molecule has 3 rings (SSSR count). The van der Waals surface area contributed by atoms with E-state index in [-0.39, 0.29) is 9.77 Å². The van der Waals surface area contributed by atoms with E-state index in [0.29, 0.717) is 29.2 Å². The number of ether oxygens (including phenoxy) is 1. The lowest BCUT2D eigenvalue weighted by molar-refractivity contribution is -0.138. The molecule has 3 aromatic rings. The fraction of sp³-hybridized carbons (Fsp3) is 0.348. The highest BCUT2D eigenvalue weighted by molar-refractivity contribution is 8.00. The molecule has 0 atom stereocenters. The molecule has 1 amide bonds. The van der Waals surface area contributed by atoms with E-state index in [1.54, 1.807) is 44.3 Å². The Morgan fingerprint density at radius 2 is 1.94 bits per heavy atom. The first-order chi connectivity index (χ1) is 15.5. The van der Waals surface area contributed by atoms with Gasteiger partial charge in [-0.2, -0.15) is 0 Å². The fourth-order valence-corrected chi connectivity index (χ4v) is 5.37. The van der Waals surface area contributed by atoms with E-state index in [0.717, 1.165) is 10.3 Å². The van der Waals surface area contributed by atoms with Crippen LogP contribution in [-0.2, 0) is 4.79 Å². The highest BCUT2D eigenvalue weighted by Crippen LogP contribution is 2.45. The maximum Gasteiger partial charge on any atom is 0.249 e. The molecule has 0 fully saturated rings. The second-order valence-corrected chi connectivity index (χ2v) is 11.0. The predicted octanol–water partition coefficient (Wildman–Crippen LogP) is 5.97. The van der Waals surface area contributed by atoms with E-state index < -0.39 is 17.1 Å². The number of rotatable bonds is 8.